The van der Waals surface area contributed by atoms with Gasteiger partial charge in [-0.2, -0.15) is 0 Å². The molecule has 0 radical (unpaired) electrons. The summed E-state index contributed by atoms with van der Waals surface area (Å²) in [5.41, 5.74) is 0. The van der Waals surface area contributed by atoms with Gasteiger partial charge in [-0.3, -0.25) is 0 Å². The Kier molecular flexibility index (Phi) is 3.27. The van der Waals surface area contributed by atoms with E-state index in [0.717, 1.165) is 12.8 Å². The van der Waals surface area contributed by atoms with E-state index < -0.39 is 0 Å². The molecule has 0 aromatic carbocycles. The van der Waals surface area contributed by atoms with Crippen molar-refractivity contribution >= 4 is 6.85 Å². The fourth-order valence-corrected chi connectivity index (χ4v) is 1.54. The molecule has 1 fully saturated rings. The van der Waals surface area contributed by atoms with Gasteiger partial charge in [0.15, 0.2) is 0 Å². The molecule has 1 N–H and O–H groups in total. The zero-order chi connectivity index (χ0) is 7.40. The Balaban J connectivity index is 2.01. The summed E-state index contributed by atoms with van der Waals surface area (Å²) in [4.78, 5) is 0. The molecule has 0 bridgehead atoms. The largest absolute Gasteiger partial charge is 0.356 e. The Morgan fingerprint density at radius 3 is 2.80 bits per heavy atom. The van der Waals surface area contributed by atoms with Crippen LogP contribution in [0.15, 0.2) is 0 Å². The topological polar surface area (TPSA) is 12.0 Å². The molecule has 1 aliphatic heterocycles. The van der Waals surface area contributed by atoms with Gasteiger partial charge in [0.25, 0.3) is 0 Å². The fraction of sp³-hybridized carbons (Fsp3) is 1.00. The highest BCUT2D eigenvalue weighted by molar-refractivity contribution is 6.56. The lowest BCUT2D eigenvalue weighted by atomic mass is 9.57. The van der Waals surface area contributed by atoms with Crippen LogP contribution in [-0.4, -0.2) is 13.4 Å². The first kappa shape index (κ1) is 8.12. The maximum Gasteiger partial charge on any atom is 0.220 e. The number of hydrogen-bond acceptors (Lipinski definition) is 1. The van der Waals surface area contributed by atoms with Crippen molar-refractivity contribution in [2.45, 2.75) is 39.3 Å². The molecule has 1 rings (SSSR count). The van der Waals surface area contributed by atoms with E-state index in [0.29, 0.717) is 0 Å². The van der Waals surface area contributed by atoms with Crippen molar-refractivity contribution in [1.29, 1.82) is 0 Å². The summed E-state index contributed by atoms with van der Waals surface area (Å²) < 4.78 is 0. The first-order chi connectivity index (χ1) is 4.79. The average Bonchev–Trinajstić information content (AvgIpc) is 2.34. The molecule has 0 amide bonds. The lowest BCUT2D eigenvalue weighted by Gasteiger charge is -2.07. The maximum atomic E-state index is 3.51. The van der Waals surface area contributed by atoms with Crippen LogP contribution in [0.3, 0.4) is 0 Å². The summed E-state index contributed by atoms with van der Waals surface area (Å²) in [6.45, 7) is 6.70. The highest BCUT2D eigenvalue weighted by Gasteiger charge is 2.17. The maximum absolute atomic E-state index is 3.51. The predicted molar refractivity (Wildman–Crippen MR) is 47.4 cm³/mol. The zero-order valence-electron chi connectivity index (χ0n) is 7.19. The molecule has 0 spiro atoms. The quantitative estimate of drug-likeness (QED) is 0.589. The van der Waals surface area contributed by atoms with E-state index in [1.54, 1.807) is 0 Å². The normalized spacial score (nSPS) is 18.9. The van der Waals surface area contributed by atoms with Crippen LogP contribution in [0, 0.1) is 5.92 Å². The van der Waals surface area contributed by atoms with E-state index in [1.807, 2.05) is 0 Å². The number of nitrogens with one attached hydrogen (secondary N) is 1. The molecule has 1 aliphatic rings. The molecule has 0 aromatic rings. The molecule has 2 heteroatoms. The molecule has 10 heavy (non-hydrogen) atoms. The van der Waals surface area contributed by atoms with E-state index in [-0.39, 0.29) is 0 Å². The Hall–Kier alpha value is 0.0249. The van der Waals surface area contributed by atoms with Crippen LogP contribution in [0.1, 0.15) is 26.7 Å². The predicted octanol–water partition coefficient (Wildman–Crippen LogP) is 2.02. The molecule has 0 atom stereocenters. The van der Waals surface area contributed by atoms with Gasteiger partial charge in [0.1, 0.15) is 0 Å². The molecular weight excluding hydrogens is 121 g/mol. The van der Waals surface area contributed by atoms with Crippen LogP contribution < -0.4 is 5.23 Å². The van der Waals surface area contributed by atoms with Gasteiger partial charge >= 0.3 is 0 Å². The average molecular weight is 139 g/mol. The van der Waals surface area contributed by atoms with Crippen LogP contribution in [0.4, 0.5) is 0 Å². The van der Waals surface area contributed by atoms with E-state index in [2.05, 4.69) is 19.1 Å². The third kappa shape index (κ3) is 2.74. The second kappa shape index (κ2) is 4.02. The number of rotatable bonds is 3. The van der Waals surface area contributed by atoms with Crippen molar-refractivity contribution in [2.75, 3.05) is 6.54 Å². The Bertz CT molecular complexity index is 87.3. The highest BCUT2D eigenvalue weighted by atomic mass is 14.8. The molecule has 58 valence electrons. The Morgan fingerprint density at radius 2 is 2.30 bits per heavy atom. The molecular formula is C8H18BN. The molecule has 0 aliphatic carbocycles. The molecule has 1 nitrogen and oxygen atoms in total. The minimum atomic E-state index is 0.849. The molecule has 1 heterocycles. The van der Waals surface area contributed by atoms with E-state index >= 15 is 0 Å². The van der Waals surface area contributed by atoms with Gasteiger partial charge in [0, 0.05) is 0 Å². The third-order valence-electron chi connectivity index (χ3n) is 2.25. The van der Waals surface area contributed by atoms with Crippen LogP contribution in [-0.2, 0) is 0 Å². The molecule has 0 saturated carbocycles. The monoisotopic (exact) mass is 139 g/mol. The lowest BCUT2D eigenvalue weighted by Crippen LogP contribution is -2.26. The summed E-state index contributed by atoms with van der Waals surface area (Å²) >= 11 is 0. The smallest absolute Gasteiger partial charge is 0.220 e. The van der Waals surface area contributed by atoms with Crippen molar-refractivity contribution in [3.8, 4) is 0 Å². The molecule has 1 saturated heterocycles. The van der Waals surface area contributed by atoms with Crippen LogP contribution in [0.25, 0.3) is 0 Å². The van der Waals surface area contributed by atoms with Gasteiger partial charge in [-0.15, -0.1) is 0 Å². The van der Waals surface area contributed by atoms with Crippen molar-refractivity contribution in [3.63, 3.8) is 0 Å². The summed E-state index contributed by atoms with van der Waals surface area (Å²) in [6, 6.07) is 0. The van der Waals surface area contributed by atoms with E-state index in [4.69, 9.17) is 0 Å². The first-order valence-electron chi connectivity index (χ1n) is 4.52. The standard InChI is InChI=1S/C8H18BN/c1-8(2)4-6-9-5-3-7-10-9/h8,10H,3-7H2,1-2H3. The fourth-order valence-electron chi connectivity index (χ4n) is 1.54. The van der Waals surface area contributed by atoms with E-state index in [9.17, 15) is 0 Å². The van der Waals surface area contributed by atoms with Crippen molar-refractivity contribution in [2.24, 2.45) is 5.92 Å². The minimum Gasteiger partial charge on any atom is -0.356 e. The summed E-state index contributed by atoms with van der Waals surface area (Å²) in [5.74, 6) is 0.877. The van der Waals surface area contributed by atoms with E-state index in [1.165, 1.54) is 32.0 Å². The van der Waals surface area contributed by atoms with Crippen LogP contribution >= 0.6 is 0 Å². The summed E-state index contributed by atoms with van der Waals surface area (Å²) in [6.07, 6.45) is 5.57. The van der Waals surface area contributed by atoms with Gasteiger partial charge in [0.05, 0.1) is 0 Å². The first-order valence-corrected chi connectivity index (χ1v) is 4.52. The SMILES string of the molecule is CC(C)CCB1CCCN1. The highest BCUT2D eigenvalue weighted by Crippen LogP contribution is 2.13. The second-order valence-electron chi connectivity index (χ2n) is 3.76. The Morgan fingerprint density at radius 1 is 1.50 bits per heavy atom. The molecule has 0 unspecified atom stereocenters. The van der Waals surface area contributed by atoms with Gasteiger partial charge in [-0.25, -0.2) is 0 Å². The summed E-state index contributed by atoms with van der Waals surface area (Å²) in [5, 5.41) is 3.51. The minimum absolute atomic E-state index is 0.849. The van der Waals surface area contributed by atoms with Gasteiger partial charge < -0.3 is 5.23 Å². The molecule has 0 aromatic heterocycles. The van der Waals surface area contributed by atoms with Gasteiger partial charge in [-0.1, -0.05) is 32.9 Å². The van der Waals surface area contributed by atoms with Crippen molar-refractivity contribution < 1.29 is 0 Å². The lowest BCUT2D eigenvalue weighted by molar-refractivity contribution is 0.620. The van der Waals surface area contributed by atoms with Crippen LogP contribution in [0.2, 0.25) is 12.6 Å². The number of hydrogen-bond donors (Lipinski definition) is 1. The third-order valence-corrected chi connectivity index (χ3v) is 2.25. The zero-order valence-corrected chi connectivity index (χ0v) is 7.19. The Labute approximate surface area is 64.7 Å². The van der Waals surface area contributed by atoms with Crippen LogP contribution in [0.5, 0.6) is 0 Å². The van der Waals surface area contributed by atoms with Crippen molar-refractivity contribution in [1.82, 2.24) is 5.23 Å². The summed E-state index contributed by atoms with van der Waals surface area (Å²) in [7, 11) is 0. The van der Waals surface area contributed by atoms with Crippen molar-refractivity contribution in [3.05, 3.63) is 0 Å². The van der Waals surface area contributed by atoms with Gasteiger partial charge in [-0.05, 0) is 18.9 Å². The van der Waals surface area contributed by atoms with Gasteiger partial charge in [0.2, 0.25) is 6.85 Å². The second-order valence-corrected chi connectivity index (χ2v) is 3.76.